The molecule has 1 saturated heterocycles. The smallest absolute Gasteiger partial charge is 0.398 e. The fraction of sp³-hybridized carbons (Fsp3) is 0.400. The van der Waals surface area contributed by atoms with Gasteiger partial charge in [-0.3, -0.25) is 0 Å². The van der Waals surface area contributed by atoms with E-state index < -0.39 is 29.9 Å². The Morgan fingerprint density at radius 2 is 1.82 bits per heavy atom. The third-order valence-electron chi connectivity index (χ3n) is 4.01. The average Bonchev–Trinajstić information content (AvgIpc) is 2.63. The number of hydrogen-bond acceptors (Lipinski definition) is 3. The van der Waals surface area contributed by atoms with Crippen molar-refractivity contribution in [1.29, 1.82) is 5.26 Å². The first-order valence-electron chi connectivity index (χ1n) is 6.70. The van der Waals surface area contributed by atoms with E-state index in [0.717, 1.165) is 12.1 Å². The van der Waals surface area contributed by atoms with Crippen molar-refractivity contribution in [3.8, 4) is 6.07 Å². The molecule has 0 aromatic heterocycles. The highest BCUT2D eigenvalue weighted by Gasteiger charge is 2.53. The van der Waals surface area contributed by atoms with Crippen molar-refractivity contribution < 1.29 is 18.1 Å². The standard InChI is InChI=1S/C15H15BBrF2NO2/c1-14(2)15(3,4)22-16(21-14)12(19)7-10-11(18)6-5-9(8-20)13(10)17/h5-7H,1-4H3. The topological polar surface area (TPSA) is 42.2 Å². The molecule has 0 unspecified atom stereocenters. The van der Waals surface area contributed by atoms with Crippen LogP contribution in [0.25, 0.3) is 6.08 Å². The number of nitrogens with zero attached hydrogens (tertiary/aromatic N) is 1. The third kappa shape index (κ3) is 2.96. The highest BCUT2D eigenvalue weighted by atomic mass is 79.9. The lowest BCUT2D eigenvalue weighted by molar-refractivity contribution is 0.00578. The van der Waals surface area contributed by atoms with Gasteiger partial charge < -0.3 is 9.31 Å². The molecule has 116 valence electrons. The normalized spacial score (nSPS) is 20.1. The van der Waals surface area contributed by atoms with E-state index in [9.17, 15) is 8.78 Å². The van der Waals surface area contributed by atoms with Gasteiger partial charge in [-0.25, -0.2) is 8.78 Å². The summed E-state index contributed by atoms with van der Waals surface area (Å²) in [5, 5.41) is 8.95. The zero-order valence-corrected chi connectivity index (χ0v) is 14.3. The minimum Gasteiger partial charge on any atom is -0.398 e. The van der Waals surface area contributed by atoms with Gasteiger partial charge in [0.1, 0.15) is 17.6 Å². The molecule has 0 atom stereocenters. The monoisotopic (exact) mass is 369 g/mol. The zero-order valence-electron chi connectivity index (χ0n) is 12.7. The van der Waals surface area contributed by atoms with Crippen molar-refractivity contribution in [3.63, 3.8) is 0 Å². The van der Waals surface area contributed by atoms with Crippen LogP contribution in [0.4, 0.5) is 8.78 Å². The minimum absolute atomic E-state index is 0.0498. The molecule has 0 amide bonds. The van der Waals surface area contributed by atoms with Gasteiger partial charge in [0, 0.05) is 10.0 Å². The molecule has 22 heavy (non-hydrogen) atoms. The van der Waals surface area contributed by atoms with Gasteiger partial charge in [0.15, 0.2) is 0 Å². The third-order valence-corrected chi connectivity index (χ3v) is 4.86. The van der Waals surface area contributed by atoms with Gasteiger partial charge in [-0.15, -0.1) is 0 Å². The average molecular weight is 370 g/mol. The van der Waals surface area contributed by atoms with Gasteiger partial charge in [-0.05, 0) is 61.8 Å². The number of halogens is 3. The molecule has 0 spiro atoms. The Morgan fingerprint density at radius 1 is 1.27 bits per heavy atom. The van der Waals surface area contributed by atoms with Crippen LogP contribution in [0.3, 0.4) is 0 Å². The Bertz CT molecular complexity index is 667. The molecule has 7 heteroatoms. The van der Waals surface area contributed by atoms with E-state index in [2.05, 4.69) is 15.9 Å². The number of nitriles is 1. The molecule has 1 heterocycles. The van der Waals surface area contributed by atoms with Crippen LogP contribution < -0.4 is 0 Å². The molecular weight excluding hydrogens is 355 g/mol. The summed E-state index contributed by atoms with van der Waals surface area (Å²) in [4.78, 5) is 0. The highest BCUT2D eigenvalue weighted by Crippen LogP contribution is 2.39. The van der Waals surface area contributed by atoms with Gasteiger partial charge in [-0.2, -0.15) is 5.26 Å². The summed E-state index contributed by atoms with van der Waals surface area (Å²) >= 11 is 3.12. The SMILES string of the molecule is CC1(C)OB(C(F)=Cc2c(F)ccc(C#N)c2Br)OC1(C)C. The van der Waals surface area contributed by atoms with E-state index in [1.165, 1.54) is 6.07 Å². The Morgan fingerprint density at radius 3 is 2.32 bits per heavy atom. The molecular formula is C15H15BBrF2NO2. The van der Waals surface area contributed by atoms with Gasteiger partial charge in [0.05, 0.1) is 16.8 Å². The predicted octanol–water partition coefficient (Wildman–Crippen LogP) is 4.40. The quantitative estimate of drug-likeness (QED) is 0.725. The second kappa shape index (κ2) is 5.76. The van der Waals surface area contributed by atoms with E-state index in [1.807, 2.05) is 6.07 Å². The Hall–Kier alpha value is -1.23. The van der Waals surface area contributed by atoms with Gasteiger partial charge in [0.25, 0.3) is 0 Å². The van der Waals surface area contributed by atoms with Crippen molar-refractivity contribution in [2.24, 2.45) is 0 Å². The highest BCUT2D eigenvalue weighted by molar-refractivity contribution is 9.10. The molecule has 1 aromatic carbocycles. The Balaban J connectivity index is 2.38. The lowest BCUT2D eigenvalue weighted by atomic mass is 9.86. The first-order valence-corrected chi connectivity index (χ1v) is 7.49. The van der Waals surface area contributed by atoms with Crippen molar-refractivity contribution in [3.05, 3.63) is 39.3 Å². The van der Waals surface area contributed by atoms with Crippen LogP contribution in [0.1, 0.15) is 38.8 Å². The van der Waals surface area contributed by atoms with Crippen LogP contribution in [0.15, 0.2) is 22.3 Å². The van der Waals surface area contributed by atoms with Crippen molar-refractivity contribution in [1.82, 2.24) is 0 Å². The summed E-state index contributed by atoms with van der Waals surface area (Å²) in [6.07, 6.45) is 0.988. The summed E-state index contributed by atoms with van der Waals surface area (Å²) in [6.45, 7) is 7.19. The van der Waals surface area contributed by atoms with Gasteiger partial charge in [0.2, 0.25) is 0 Å². The van der Waals surface area contributed by atoms with E-state index in [0.29, 0.717) is 0 Å². The predicted molar refractivity (Wildman–Crippen MR) is 84.0 cm³/mol. The summed E-state index contributed by atoms with van der Waals surface area (Å²) in [5.41, 5.74) is -1.96. The Kier molecular flexibility index (Phi) is 4.49. The first-order chi connectivity index (χ1) is 10.1. The molecule has 0 bridgehead atoms. The summed E-state index contributed by atoms with van der Waals surface area (Å²) in [7, 11) is -1.21. The maximum atomic E-state index is 14.4. The lowest BCUT2D eigenvalue weighted by Gasteiger charge is -2.32. The zero-order chi connectivity index (χ0) is 16.7. The van der Waals surface area contributed by atoms with Crippen LogP contribution in [0.2, 0.25) is 0 Å². The summed E-state index contributed by atoms with van der Waals surface area (Å²) in [5.74, 6) is -0.641. The largest absolute Gasteiger partial charge is 0.525 e. The summed E-state index contributed by atoms with van der Waals surface area (Å²) < 4.78 is 39.6. The second-order valence-corrected chi connectivity index (χ2v) is 6.84. The molecule has 0 saturated carbocycles. The molecule has 2 rings (SSSR count). The van der Waals surface area contributed by atoms with Gasteiger partial charge >= 0.3 is 7.12 Å². The van der Waals surface area contributed by atoms with Gasteiger partial charge in [-0.1, -0.05) is 0 Å². The molecule has 0 N–H and O–H groups in total. The molecule has 1 fully saturated rings. The lowest BCUT2D eigenvalue weighted by Crippen LogP contribution is -2.41. The van der Waals surface area contributed by atoms with Crippen LogP contribution in [-0.2, 0) is 9.31 Å². The first kappa shape index (κ1) is 17.1. The number of hydrogen-bond donors (Lipinski definition) is 0. The van der Waals surface area contributed by atoms with Crippen LogP contribution in [0.5, 0.6) is 0 Å². The maximum absolute atomic E-state index is 14.4. The second-order valence-electron chi connectivity index (χ2n) is 6.05. The molecule has 3 nitrogen and oxygen atoms in total. The molecule has 0 radical (unpaired) electrons. The van der Waals surface area contributed by atoms with E-state index in [4.69, 9.17) is 14.6 Å². The summed E-state index contributed by atoms with van der Waals surface area (Å²) in [6, 6.07) is 4.34. The maximum Gasteiger partial charge on any atom is 0.525 e. The van der Waals surface area contributed by atoms with Crippen LogP contribution in [0, 0.1) is 17.1 Å². The number of benzene rings is 1. The molecule has 1 aliphatic heterocycles. The van der Waals surface area contributed by atoms with Crippen LogP contribution in [-0.4, -0.2) is 18.3 Å². The molecule has 1 aliphatic rings. The Labute approximate surface area is 137 Å². The molecule has 1 aromatic rings. The van der Waals surface area contributed by atoms with E-state index in [1.54, 1.807) is 27.7 Å². The fourth-order valence-electron chi connectivity index (χ4n) is 1.95. The van der Waals surface area contributed by atoms with E-state index >= 15 is 0 Å². The fourth-order valence-corrected chi connectivity index (χ4v) is 2.47. The van der Waals surface area contributed by atoms with Crippen LogP contribution >= 0.6 is 15.9 Å². The van der Waals surface area contributed by atoms with Crippen molar-refractivity contribution >= 4 is 29.1 Å². The minimum atomic E-state index is -1.21. The number of rotatable bonds is 2. The van der Waals surface area contributed by atoms with Crippen molar-refractivity contribution in [2.75, 3.05) is 0 Å². The van der Waals surface area contributed by atoms with E-state index in [-0.39, 0.29) is 15.6 Å². The molecule has 0 aliphatic carbocycles. The van der Waals surface area contributed by atoms with Crippen molar-refractivity contribution in [2.45, 2.75) is 38.9 Å².